The van der Waals surface area contributed by atoms with Crippen molar-refractivity contribution in [1.82, 2.24) is 4.90 Å². The monoisotopic (exact) mass is 408 g/mol. The molecular formula is C23H24N2O3S. The molecule has 0 aliphatic carbocycles. The zero-order chi connectivity index (χ0) is 20.1. The number of amides is 2. The second kappa shape index (κ2) is 9.01. The molecule has 2 aromatic carbocycles. The summed E-state index contributed by atoms with van der Waals surface area (Å²) < 4.78 is 11.2. The van der Waals surface area contributed by atoms with Gasteiger partial charge >= 0.3 is 6.03 Å². The first-order chi connectivity index (χ1) is 14.2. The molecule has 3 aromatic rings. The maximum absolute atomic E-state index is 13.1. The number of thiophene rings is 1. The summed E-state index contributed by atoms with van der Waals surface area (Å²) in [5.41, 5.74) is 1.92. The Kier molecular flexibility index (Phi) is 6.00. The quantitative estimate of drug-likeness (QED) is 0.617. The van der Waals surface area contributed by atoms with Crippen molar-refractivity contribution >= 4 is 23.1 Å². The topological polar surface area (TPSA) is 50.8 Å². The maximum atomic E-state index is 13.1. The van der Waals surface area contributed by atoms with Crippen LogP contribution in [0.4, 0.5) is 10.5 Å². The summed E-state index contributed by atoms with van der Waals surface area (Å²) in [6.07, 6.45) is 0.805. The van der Waals surface area contributed by atoms with E-state index >= 15 is 0 Å². The van der Waals surface area contributed by atoms with E-state index in [1.165, 1.54) is 15.3 Å². The number of anilines is 1. The van der Waals surface area contributed by atoms with Crippen LogP contribution in [-0.4, -0.2) is 30.7 Å². The summed E-state index contributed by atoms with van der Waals surface area (Å²) in [7, 11) is 0. The molecule has 29 heavy (non-hydrogen) atoms. The van der Waals surface area contributed by atoms with E-state index in [4.69, 9.17) is 9.47 Å². The normalized spacial score (nSPS) is 12.4. The minimum absolute atomic E-state index is 0.122. The molecule has 150 valence electrons. The van der Waals surface area contributed by atoms with Crippen LogP contribution in [0.15, 0.2) is 60.7 Å². The first-order valence-electron chi connectivity index (χ1n) is 9.72. The molecule has 1 N–H and O–H groups in total. The molecule has 0 fully saturated rings. The first kappa shape index (κ1) is 19.3. The van der Waals surface area contributed by atoms with E-state index in [1.54, 1.807) is 11.3 Å². The van der Waals surface area contributed by atoms with Crippen LogP contribution in [-0.2, 0) is 13.0 Å². The van der Waals surface area contributed by atoms with Crippen LogP contribution in [0.25, 0.3) is 0 Å². The van der Waals surface area contributed by atoms with E-state index < -0.39 is 0 Å². The molecule has 4 rings (SSSR count). The number of carbonyl (C=O) groups excluding carboxylic acids is 1. The van der Waals surface area contributed by atoms with Gasteiger partial charge in [0.2, 0.25) is 0 Å². The zero-order valence-corrected chi connectivity index (χ0v) is 17.2. The van der Waals surface area contributed by atoms with E-state index in [0.29, 0.717) is 43.5 Å². The molecule has 0 bridgehead atoms. The molecule has 0 spiro atoms. The number of fused-ring (bicyclic) bond motifs is 1. The molecule has 1 aliphatic heterocycles. The highest BCUT2D eigenvalue weighted by molar-refractivity contribution is 7.11. The van der Waals surface area contributed by atoms with Gasteiger partial charge in [0, 0.05) is 28.1 Å². The molecule has 2 amide bonds. The highest BCUT2D eigenvalue weighted by atomic mass is 32.1. The third-order valence-electron chi connectivity index (χ3n) is 4.74. The number of benzene rings is 2. The van der Waals surface area contributed by atoms with Crippen LogP contribution in [0.1, 0.15) is 15.3 Å². The van der Waals surface area contributed by atoms with E-state index in [1.807, 2.05) is 41.3 Å². The Balaban J connectivity index is 1.47. The Morgan fingerprint density at radius 3 is 2.59 bits per heavy atom. The van der Waals surface area contributed by atoms with Crippen molar-refractivity contribution in [1.29, 1.82) is 0 Å². The summed E-state index contributed by atoms with van der Waals surface area (Å²) in [4.78, 5) is 17.3. The van der Waals surface area contributed by atoms with Crippen LogP contribution in [0, 0.1) is 6.92 Å². The number of nitrogens with one attached hydrogen (secondary N) is 1. The van der Waals surface area contributed by atoms with Gasteiger partial charge in [-0.15, -0.1) is 11.3 Å². The lowest BCUT2D eigenvalue weighted by atomic mass is 10.1. The Bertz CT molecular complexity index is 971. The lowest BCUT2D eigenvalue weighted by Gasteiger charge is -2.24. The molecule has 0 radical (unpaired) electrons. The summed E-state index contributed by atoms with van der Waals surface area (Å²) in [5.74, 6) is 1.38. The Morgan fingerprint density at radius 1 is 1.03 bits per heavy atom. The van der Waals surface area contributed by atoms with Gasteiger partial charge in [0.15, 0.2) is 11.5 Å². The number of carbonyl (C=O) groups is 1. The number of rotatable bonds is 6. The van der Waals surface area contributed by atoms with Crippen molar-refractivity contribution in [2.75, 3.05) is 25.1 Å². The van der Waals surface area contributed by atoms with Gasteiger partial charge in [-0.25, -0.2) is 4.79 Å². The second-order valence-corrected chi connectivity index (χ2v) is 8.33. The number of ether oxygens (including phenoxy) is 2. The van der Waals surface area contributed by atoms with Gasteiger partial charge in [0.05, 0.1) is 6.54 Å². The van der Waals surface area contributed by atoms with Gasteiger partial charge in [0.1, 0.15) is 13.2 Å². The van der Waals surface area contributed by atoms with Crippen LogP contribution in [0.2, 0.25) is 0 Å². The lowest BCUT2D eigenvalue weighted by Crippen LogP contribution is -2.35. The van der Waals surface area contributed by atoms with Crippen LogP contribution in [0.3, 0.4) is 0 Å². The summed E-state index contributed by atoms with van der Waals surface area (Å²) >= 11 is 1.72. The van der Waals surface area contributed by atoms with Crippen molar-refractivity contribution < 1.29 is 14.3 Å². The summed E-state index contributed by atoms with van der Waals surface area (Å²) in [5, 5.41) is 3.01. The van der Waals surface area contributed by atoms with Crippen molar-refractivity contribution in [3.05, 3.63) is 76.0 Å². The first-order valence-corrected chi connectivity index (χ1v) is 10.5. The second-order valence-electron chi connectivity index (χ2n) is 6.96. The van der Waals surface area contributed by atoms with Crippen molar-refractivity contribution in [2.45, 2.75) is 19.9 Å². The standard InChI is InChI=1S/C23H24N2O3S/c1-17-7-9-20(29-17)16-25(12-11-18-5-3-2-4-6-18)23(26)24-19-8-10-21-22(15-19)28-14-13-27-21/h2-10,15H,11-14,16H2,1H3,(H,24,26). The summed E-state index contributed by atoms with van der Waals surface area (Å²) in [6.45, 7) is 4.37. The molecule has 6 heteroatoms. The highest BCUT2D eigenvalue weighted by Crippen LogP contribution is 2.32. The van der Waals surface area contributed by atoms with Crippen LogP contribution < -0.4 is 14.8 Å². The predicted molar refractivity (Wildman–Crippen MR) is 116 cm³/mol. The lowest BCUT2D eigenvalue weighted by molar-refractivity contribution is 0.171. The third-order valence-corrected chi connectivity index (χ3v) is 5.72. The highest BCUT2D eigenvalue weighted by Gasteiger charge is 2.17. The zero-order valence-electron chi connectivity index (χ0n) is 16.4. The number of hydrogen-bond donors (Lipinski definition) is 1. The minimum Gasteiger partial charge on any atom is -0.486 e. The van der Waals surface area contributed by atoms with E-state index in [9.17, 15) is 4.79 Å². The molecule has 0 unspecified atom stereocenters. The number of hydrogen-bond acceptors (Lipinski definition) is 4. The van der Waals surface area contributed by atoms with E-state index in [0.717, 1.165) is 6.42 Å². The minimum atomic E-state index is -0.122. The van der Waals surface area contributed by atoms with Crippen molar-refractivity contribution in [2.24, 2.45) is 0 Å². The molecular weight excluding hydrogens is 384 g/mol. The average molecular weight is 409 g/mol. The molecule has 0 atom stereocenters. The molecule has 5 nitrogen and oxygen atoms in total. The van der Waals surface area contributed by atoms with Gasteiger partial charge in [-0.1, -0.05) is 30.3 Å². The SMILES string of the molecule is Cc1ccc(CN(CCc2ccccc2)C(=O)Nc2ccc3c(c2)OCCO3)s1. The number of urea groups is 1. The smallest absolute Gasteiger partial charge is 0.322 e. The summed E-state index contributed by atoms with van der Waals surface area (Å²) in [6, 6.07) is 19.8. The Hall–Kier alpha value is -2.99. The Labute approximate surface area is 174 Å². The Morgan fingerprint density at radius 2 is 1.83 bits per heavy atom. The van der Waals surface area contributed by atoms with Gasteiger partial charge in [-0.2, -0.15) is 0 Å². The van der Waals surface area contributed by atoms with Crippen LogP contribution >= 0.6 is 11.3 Å². The van der Waals surface area contributed by atoms with Gasteiger partial charge in [0.25, 0.3) is 0 Å². The van der Waals surface area contributed by atoms with Crippen molar-refractivity contribution in [3.8, 4) is 11.5 Å². The maximum Gasteiger partial charge on any atom is 0.322 e. The molecule has 2 heterocycles. The third kappa shape index (κ3) is 5.09. The number of aryl methyl sites for hydroxylation is 1. The number of nitrogens with zero attached hydrogens (tertiary/aromatic N) is 1. The van der Waals surface area contributed by atoms with Crippen LogP contribution in [0.5, 0.6) is 11.5 Å². The molecule has 1 aromatic heterocycles. The molecule has 0 saturated heterocycles. The fourth-order valence-electron chi connectivity index (χ4n) is 3.24. The van der Waals surface area contributed by atoms with E-state index in [2.05, 4.69) is 36.5 Å². The predicted octanol–water partition coefficient (Wildman–Crippen LogP) is 5.10. The molecule has 0 saturated carbocycles. The molecule has 1 aliphatic rings. The van der Waals surface area contributed by atoms with E-state index in [-0.39, 0.29) is 6.03 Å². The van der Waals surface area contributed by atoms with Gasteiger partial charge in [-0.3, -0.25) is 0 Å². The van der Waals surface area contributed by atoms with Crippen molar-refractivity contribution in [3.63, 3.8) is 0 Å². The fraction of sp³-hybridized carbons (Fsp3) is 0.261. The average Bonchev–Trinajstić information content (AvgIpc) is 3.16. The fourth-order valence-corrected chi connectivity index (χ4v) is 4.15. The largest absolute Gasteiger partial charge is 0.486 e. The van der Waals surface area contributed by atoms with Gasteiger partial charge < -0.3 is 19.7 Å². The van der Waals surface area contributed by atoms with Gasteiger partial charge in [-0.05, 0) is 43.2 Å².